The minimum Gasteiger partial charge on any atom is -0.429 e. The maximum Gasteiger partial charge on any atom is 0.343 e. The van der Waals surface area contributed by atoms with Gasteiger partial charge in [0.2, 0.25) is 0 Å². The van der Waals surface area contributed by atoms with Gasteiger partial charge in [0, 0.05) is 0 Å². The molecule has 0 radical (unpaired) electrons. The molecule has 0 spiro atoms. The van der Waals surface area contributed by atoms with Crippen LogP contribution in [0.5, 0.6) is 0 Å². The zero-order valence-electron chi connectivity index (χ0n) is 7.47. The molecule has 0 aromatic carbocycles. The van der Waals surface area contributed by atoms with E-state index in [-0.39, 0.29) is 5.76 Å². The molecule has 0 aliphatic carbocycles. The van der Waals surface area contributed by atoms with Crippen LogP contribution in [0.15, 0.2) is 12.3 Å². The Morgan fingerprint density at radius 2 is 1.47 bits per heavy atom. The third kappa shape index (κ3) is 0.892. The van der Waals surface area contributed by atoms with Gasteiger partial charge in [-0.05, 0) is 0 Å². The van der Waals surface area contributed by atoms with Crippen molar-refractivity contribution in [1.29, 1.82) is 0 Å². The number of rotatable bonds is 0. The molecule has 3 aliphatic heterocycles. The maximum atomic E-state index is 11.4. The molecular weight excluding hydrogens is 204 g/mol. The second-order valence-electron chi connectivity index (χ2n) is 3.66. The smallest absolute Gasteiger partial charge is 0.343 e. The normalized spacial score (nSPS) is 42.7. The van der Waals surface area contributed by atoms with Crippen LogP contribution >= 0.6 is 0 Å². The molecule has 3 saturated heterocycles. The average molecular weight is 210 g/mol. The highest BCUT2D eigenvalue weighted by Crippen LogP contribution is 2.45. The van der Waals surface area contributed by atoms with Crippen LogP contribution in [-0.2, 0) is 28.6 Å². The van der Waals surface area contributed by atoms with Crippen LogP contribution in [0.25, 0.3) is 0 Å². The van der Waals surface area contributed by atoms with E-state index in [9.17, 15) is 14.4 Å². The van der Waals surface area contributed by atoms with E-state index in [1.807, 2.05) is 0 Å². The molecule has 4 atom stereocenters. The molecule has 15 heavy (non-hydrogen) atoms. The molecule has 6 nitrogen and oxygen atoms in total. The third-order valence-electron chi connectivity index (χ3n) is 2.86. The van der Waals surface area contributed by atoms with E-state index in [1.54, 1.807) is 0 Å². The molecule has 6 heteroatoms. The van der Waals surface area contributed by atoms with E-state index in [0.717, 1.165) is 0 Å². The Bertz CT molecular complexity index is 373. The summed E-state index contributed by atoms with van der Waals surface area (Å²) < 4.78 is 14.4. The van der Waals surface area contributed by atoms with Crippen LogP contribution in [0, 0.1) is 11.8 Å². The predicted molar refractivity (Wildman–Crippen MR) is 42.0 cm³/mol. The molecule has 3 fully saturated rings. The van der Waals surface area contributed by atoms with E-state index in [0.29, 0.717) is 0 Å². The van der Waals surface area contributed by atoms with E-state index < -0.39 is 42.0 Å². The summed E-state index contributed by atoms with van der Waals surface area (Å²) in [6.07, 6.45) is -1.67. The van der Waals surface area contributed by atoms with Crippen molar-refractivity contribution in [1.82, 2.24) is 0 Å². The van der Waals surface area contributed by atoms with Gasteiger partial charge in [0.25, 0.3) is 0 Å². The number of cyclic esters (lactones) is 3. The molecule has 78 valence electrons. The first-order valence-electron chi connectivity index (χ1n) is 4.41. The lowest BCUT2D eigenvalue weighted by molar-refractivity contribution is -0.158. The summed E-state index contributed by atoms with van der Waals surface area (Å²) >= 11 is 0. The molecule has 3 heterocycles. The number of hydrogen-bond acceptors (Lipinski definition) is 6. The van der Waals surface area contributed by atoms with Crippen molar-refractivity contribution in [3.05, 3.63) is 12.3 Å². The van der Waals surface area contributed by atoms with Crippen LogP contribution in [-0.4, -0.2) is 30.1 Å². The summed E-state index contributed by atoms with van der Waals surface area (Å²) in [6.45, 7) is 3.49. The number of carbonyl (C=O) groups is 3. The van der Waals surface area contributed by atoms with Crippen LogP contribution < -0.4 is 0 Å². The largest absolute Gasteiger partial charge is 0.429 e. The third-order valence-corrected chi connectivity index (χ3v) is 2.86. The first-order chi connectivity index (χ1) is 7.09. The Balaban J connectivity index is 2.03. The summed E-state index contributed by atoms with van der Waals surface area (Å²) in [5, 5.41) is 0. The Kier molecular flexibility index (Phi) is 1.41. The minimum atomic E-state index is -0.975. The number of carbonyl (C=O) groups excluding carboxylic acids is 3. The molecule has 0 saturated carbocycles. The Hall–Kier alpha value is -1.69. The fourth-order valence-electron chi connectivity index (χ4n) is 2.20. The highest BCUT2D eigenvalue weighted by Gasteiger charge is 2.64. The van der Waals surface area contributed by atoms with Gasteiger partial charge in [-0.2, -0.15) is 0 Å². The van der Waals surface area contributed by atoms with Crippen molar-refractivity contribution < 1.29 is 28.6 Å². The van der Waals surface area contributed by atoms with Gasteiger partial charge in [-0.1, -0.05) is 6.58 Å². The van der Waals surface area contributed by atoms with Crippen LogP contribution in [0.3, 0.4) is 0 Å². The summed E-state index contributed by atoms with van der Waals surface area (Å²) in [6, 6.07) is 0. The van der Waals surface area contributed by atoms with Crippen molar-refractivity contribution >= 4 is 17.9 Å². The first kappa shape index (κ1) is 8.60. The Morgan fingerprint density at radius 3 is 2.20 bits per heavy atom. The fraction of sp³-hybridized carbons (Fsp3) is 0.444. The van der Waals surface area contributed by atoms with Crippen molar-refractivity contribution in [3.63, 3.8) is 0 Å². The van der Waals surface area contributed by atoms with Gasteiger partial charge < -0.3 is 14.2 Å². The average Bonchev–Trinajstić information content (AvgIpc) is 2.72. The van der Waals surface area contributed by atoms with Crippen molar-refractivity contribution in [2.45, 2.75) is 12.2 Å². The summed E-state index contributed by atoms with van der Waals surface area (Å²) in [5.41, 5.74) is 0. The zero-order valence-corrected chi connectivity index (χ0v) is 7.47. The van der Waals surface area contributed by atoms with Gasteiger partial charge >= 0.3 is 17.9 Å². The molecule has 3 aliphatic rings. The lowest BCUT2D eigenvalue weighted by Crippen LogP contribution is -2.27. The van der Waals surface area contributed by atoms with Crippen molar-refractivity contribution in [3.8, 4) is 0 Å². The summed E-state index contributed by atoms with van der Waals surface area (Å²) in [7, 11) is 0. The van der Waals surface area contributed by atoms with Gasteiger partial charge in [0.05, 0.1) is 0 Å². The monoisotopic (exact) mass is 210 g/mol. The van der Waals surface area contributed by atoms with E-state index in [1.165, 1.54) is 0 Å². The molecular formula is C9H6O6. The zero-order chi connectivity index (χ0) is 10.7. The Morgan fingerprint density at radius 1 is 0.867 bits per heavy atom. The highest BCUT2D eigenvalue weighted by molar-refractivity contribution is 6.01. The van der Waals surface area contributed by atoms with Crippen molar-refractivity contribution in [2.24, 2.45) is 11.8 Å². The minimum absolute atomic E-state index is 0.153. The maximum absolute atomic E-state index is 11.4. The Labute approximate surface area is 83.8 Å². The van der Waals surface area contributed by atoms with Gasteiger partial charge in [-0.15, -0.1) is 0 Å². The molecule has 3 rings (SSSR count). The summed E-state index contributed by atoms with van der Waals surface area (Å²) in [5.74, 6) is -3.52. The molecule has 0 N–H and O–H groups in total. The standard InChI is InChI=1S/C9H6O6/c1-2-5-3(7(10)13-2)4-6(14-5)9(12)15-8(4)11/h3-6H,1H2. The number of esters is 3. The fourth-order valence-corrected chi connectivity index (χ4v) is 2.20. The van der Waals surface area contributed by atoms with E-state index in [4.69, 9.17) is 9.47 Å². The molecule has 0 aromatic heterocycles. The van der Waals surface area contributed by atoms with Crippen LogP contribution in [0.2, 0.25) is 0 Å². The molecule has 0 amide bonds. The second-order valence-corrected chi connectivity index (χ2v) is 3.66. The lowest BCUT2D eigenvalue weighted by Gasteiger charge is -2.06. The van der Waals surface area contributed by atoms with Crippen LogP contribution in [0.4, 0.5) is 0 Å². The topological polar surface area (TPSA) is 78.9 Å². The number of hydrogen-bond donors (Lipinski definition) is 0. The predicted octanol–water partition coefficient (Wildman–Crippen LogP) is -0.860. The van der Waals surface area contributed by atoms with Gasteiger partial charge in [0.15, 0.2) is 6.10 Å². The van der Waals surface area contributed by atoms with Gasteiger partial charge in [-0.25, -0.2) is 4.79 Å². The van der Waals surface area contributed by atoms with Crippen LogP contribution in [0.1, 0.15) is 0 Å². The molecule has 0 bridgehead atoms. The SMILES string of the molecule is C=C1OC(=O)C2C1OC1C(=O)OC(=O)C12. The van der Waals surface area contributed by atoms with E-state index in [2.05, 4.69) is 11.3 Å². The highest BCUT2D eigenvalue weighted by atomic mass is 16.6. The summed E-state index contributed by atoms with van der Waals surface area (Å²) in [4.78, 5) is 33.8. The number of ether oxygens (including phenoxy) is 3. The van der Waals surface area contributed by atoms with E-state index >= 15 is 0 Å². The first-order valence-corrected chi connectivity index (χ1v) is 4.41. The van der Waals surface area contributed by atoms with Crippen molar-refractivity contribution in [2.75, 3.05) is 0 Å². The van der Waals surface area contributed by atoms with Gasteiger partial charge in [0.1, 0.15) is 23.7 Å². The molecule has 4 unspecified atom stereocenters. The lowest BCUT2D eigenvalue weighted by atomic mass is 9.89. The quantitative estimate of drug-likeness (QED) is 0.382. The number of fused-ring (bicyclic) bond motifs is 3. The van der Waals surface area contributed by atoms with Gasteiger partial charge in [-0.3, -0.25) is 9.59 Å². The molecule has 0 aromatic rings. The second kappa shape index (κ2) is 2.46.